The third-order valence-electron chi connectivity index (χ3n) is 2.11. The van der Waals surface area contributed by atoms with Gasteiger partial charge in [0.05, 0.1) is 0 Å². The van der Waals surface area contributed by atoms with E-state index in [1.807, 2.05) is 25.1 Å². The Bertz CT molecular complexity index is 300. The second-order valence-electron chi connectivity index (χ2n) is 3.60. The van der Waals surface area contributed by atoms with Crippen molar-refractivity contribution >= 4 is 21.8 Å². The number of hydrogen-bond acceptors (Lipinski definition) is 1. The van der Waals surface area contributed by atoms with Gasteiger partial charge in [-0.15, -0.1) is 0 Å². The van der Waals surface area contributed by atoms with Crippen LogP contribution < -0.4 is 5.32 Å². The fourth-order valence-corrected chi connectivity index (χ4v) is 1.81. The SMILES string of the molecule is CC(Cc1ccccc1)NC(=O)CCBr. The molecule has 82 valence electrons. The standard InChI is InChI=1S/C12H16BrNO/c1-10(14-12(15)7-8-13)9-11-5-3-2-4-6-11/h2-6,10H,7-9H2,1H3,(H,14,15). The van der Waals surface area contributed by atoms with E-state index in [4.69, 9.17) is 0 Å². The number of hydrogen-bond donors (Lipinski definition) is 1. The molecule has 0 heterocycles. The number of alkyl halides is 1. The first kappa shape index (κ1) is 12.2. The zero-order chi connectivity index (χ0) is 11.1. The summed E-state index contributed by atoms with van der Waals surface area (Å²) in [7, 11) is 0. The van der Waals surface area contributed by atoms with E-state index in [-0.39, 0.29) is 11.9 Å². The van der Waals surface area contributed by atoms with Crippen LogP contribution >= 0.6 is 15.9 Å². The van der Waals surface area contributed by atoms with Gasteiger partial charge in [-0.05, 0) is 18.9 Å². The summed E-state index contributed by atoms with van der Waals surface area (Å²) >= 11 is 3.25. The van der Waals surface area contributed by atoms with E-state index in [2.05, 4.69) is 33.4 Å². The molecule has 2 nitrogen and oxygen atoms in total. The van der Waals surface area contributed by atoms with Gasteiger partial charge in [0.15, 0.2) is 0 Å². The largest absolute Gasteiger partial charge is 0.353 e. The quantitative estimate of drug-likeness (QED) is 0.818. The molecule has 0 radical (unpaired) electrons. The summed E-state index contributed by atoms with van der Waals surface area (Å²) in [5.41, 5.74) is 1.25. The Morgan fingerprint density at radius 1 is 1.40 bits per heavy atom. The van der Waals surface area contributed by atoms with Crippen molar-refractivity contribution in [1.82, 2.24) is 5.32 Å². The minimum Gasteiger partial charge on any atom is -0.353 e. The van der Waals surface area contributed by atoms with Gasteiger partial charge in [-0.25, -0.2) is 0 Å². The van der Waals surface area contributed by atoms with Gasteiger partial charge < -0.3 is 5.32 Å². The Morgan fingerprint density at radius 3 is 2.67 bits per heavy atom. The number of benzene rings is 1. The highest BCUT2D eigenvalue weighted by molar-refractivity contribution is 9.09. The summed E-state index contributed by atoms with van der Waals surface area (Å²) in [5, 5.41) is 3.68. The molecule has 15 heavy (non-hydrogen) atoms. The van der Waals surface area contributed by atoms with Crippen LogP contribution in [0.1, 0.15) is 18.9 Å². The molecule has 1 aromatic carbocycles. The molecule has 1 rings (SSSR count). The highest BCUT2D eigenvalue weighted by atomic mass is 79.9. The molecular weight excluding hydrogens is 254 g/mol. The molecule has 0 bridgehead atoms. The first-order valence-corrected chi connectivity index (χ1v) is 6.23. The van der Waals surface area contributed by atoms with Crippen LogP contribution in [0.15, 0.2) is 30.3 Å². The molecule has 0 spiro atoms. The maximum absolute atomic E-state index is 11.3. The number of amides is 1. The Labute approximate surface area is 99.2 Å². The molecule has 0 aliphatic rings. The number of halogens is 1. The summed E-state index contributed by atoms with van der Waals surface area (Å²) in [6.45, 7) is 2.03. The van der Waals surface area contributed by atoms with Crippen molar-refractivity contribution in [2.75, 3.05) is 5.33 Å². The van der Waals surface area contributed by atoms with E-state index in [0.29, 0.717) is 6.42 Å². The van der Waals surface area contributed by atoms with Gasteiger partial charge >= 0.3 is 0 Å². The first-order chi connectivity index (χ1) is 7.22. The Morgan fingerprint density at radius 2 is 2.07 bits per heavy atom. The minimum absolute atomic E-state index is 0.107. The highest BCUT2D eigenvalue weighted by Gasteiger charge is 2.06. The predicted molar refractivity (Wildman–Crippen MR) is 66.2 cm³/mol. The highest BCUT2D eigenvalue weighted by Crippen LogP contribution is 2.02. The van der Waals surface area contributed by atoms with Crippen LogP contribution in [0.2, 0.25) is 0 Å². The Kier molecular flexibility index (Phi) is 5.40. The van der Waals surface area contributed by atoms with E-state index in [0.717, 1.165) is 11.8 Å². The monoisotopic (exact) mass is 269 g/mol. The topological polar surface area (TPSA) is 29.1 Å². The number of nitrogens with one attached hydrogen (secondary N) is 1. The molecule has 1 amide bonds. The molecule has 1 atom stereocenters. The third kappa shape index (κ3) is 4.98. The van der Waals surface area contributed by atoms with Crippen LogP contribution in [0.3, 0.4) is 0 Å². The second-order valence-corrected chi connectivity index (χ2v) is 4.39. The summed E-state index contributed by atoms with van der Waals surface area (Å²) in [6.07, 6.45) is 1.42. The molecule has 0 fully saturated rings. The van der Waals surface area contributed by atoms with E-state index >= 15 is 0 Å². The normalized spacial score (nSPS) is 12.1. The molecule has 1 N–H and O–H groups in total. The van der Waals surface area contributed by atoms with Crippen LogP contribution in [0.25, 0.3) is 0 Å². The fraction of sp³-hybridized carbons (Fsp3) is 0.417. The molecule has 1 aromatic rings. The van der Waals surface area contributed by atoms with Gasteiger partial charge in [0.2, 0.25) is 5.91 Å². The lowest BCUT2D eigenvalue weighted by Gasteiger charge is -2.13. The van der Waals surface area contributed by atoms with Crippen LogP contribution in [-0.2, 0) is 11.2 Å². The van der Waals surface area contributed by atoms with E-state index in [1.54, 1.807) is 0 Å². The average Bonchev–Trinajstić information content (AvgIpc) is 2.19. The number of rotatable bonds is 5. The van der Waals surface area contributed by atoms with Crippen molar-refractivity contribution in [2.24, 2.45) is 0 Å². The van der Waals surface area contributed by atoms with Crippen LogP contribution in [0, 0.1) is 0 Å². The lowest BCUT2D eigenvalue weighted by atomic mass is 10.1. The molecule has 0 aliphatic carbocycles. The first-order valence-electron chi connectivity index (χ1n) is 5.11. The molecule has 3 heteroatoms. The van der Waals surface area contributed by atoms with Gasteiger partial charge in [0.25, 0.3) is 0 Å². The molecule has 1 unspecified atom stereocenters. The van der Waals surface area contributed by atoms with Crippen molar-refractivity contribution in [1.29, 1.82) is 0 Å². The lowest BCUT2D eigenvalue weighted by molar-refractivity contribution is -0.121. The molecule has 0 aromatic heterocycles. The number of carbonyl (C=O) groups excluding carboxylic acids is 1. The number of carbonyl (C=O) groups is 1. The summed E-state index contributed by atoms with van der Waals surface area (Å²) in [4.78, 5) is 11.3. The molecular formula is C12H16BrNO. The smallest absolute Gasteiger partial charge is 0.221 e. The van der Waals surface area contributed by atoms with E-state index in [9.17, 15) is 4.79 Å². The minimum atomic E-state index is 0.107. The van der Waals surface area contributed by atoms with Crippen molar-refractivity contribution in [3.63, 3.8) is 0 Å². The van der Waals surface area contributed by atoms with Gasteiger partial charge in [-0.1, -0.05) is 46.3 Å². The van der Waals surface area contributed by atoms with E-state index in [1.165, 1.54) is 5.56 Å². The Hall–Kier alpha value is -0.830. The third-order valence-corrected chi connectivity index (χ3v) is 2.51. The van der Waals surface area contributed by atoms with Crippen molar-refractivity contribution < 1.29 is 4.79 Å². The Balaban J connectivity index is 2.36. The average molecular weight is 270 g/mol. The van der Waals surface area contributed by atoms with Gasteiger partial charge in [-0.2, -0.15) is 0 Å². The summed E-state index contributed by atoms with van der Waals surface area (Å²) in [5.74, 6) is 0.107. The van der Waals surface area contributed by atoms with Crippen LogP contribution in [0.5, 0.6) is 0 Å². The lowest BCUT2D eigenvalue weighted by Crippen LogP contribution is -2.34. The molecule has 0 saturated heterocycles. The van der Waals surface area contributed by atoms with Gasteiger partial charge in [0, 0.05) is 17.8 Å². The molecule has 0 aliphatic heterocycles. The van der Waals surface area contributed by atoms with Crippen molar-refractivity contribution in [3.05, 3.63) is 35.9 Å². The fourth-order valence-electron chi connectivity index (χ4n) is 1.45. The van der Waals surface area contributed by atoms with Crippen molar-refractivity contribution in [2.45, 2.75) is 25.8 Å². The second kappa shape index (κ2) is 6.62. The zero-order valence-corrected chi connectivity index (χ0v) is 10.5. The van der Waals surface area contributed by atoms with Gasteiger partial charge in [-0.3, -0.25) is 4.79 Å². The zero-order valence-electron chi connectivity index (χ0n) is 8.87. The predicted octanol–water partition coefficient (Wildman–Crippen LogP) is 2.52. The maximum Gasteiger partial charge on any atom is 0.221 e. The van der Waals surface area contributed by atoms with Crippen LogP contribution in [-0.4, -0.2) is 17.3 Å². The summed E-state index contributed by atoms with van der Waals surface area (Å²) in [6, 6.07) is 10.4. The van der Waals surface area contributed by atoms with Crippen molar-refractivity contribution in [3.8, 4) is 0 Å². The molecule has 0 saturated carbocycles. The maximum atomic E-state index is 11.3. The van der Waals surface area contributed by atoms with Gasteiger partial charge in [0.1, 0.15) is 0 Å². The van der Waals surface area contributed by atoms with E-state index < -0.39 is 0 Å². The summed E-state index contributed by atoms with van der Waals surface area (Å²) < 4.78 is 0. The van der Waals surface area contributed by atoms with Crippen LogP contribution in [0.4, 0.5) is 0 Å².